The molecule has 0 aliphatic carbocycles. The van der Waals surface area contributed by atoms with Gasteiger partial charge in [-0.25, -0.2) is 4.98 Å². The molecule has 1 N–H and O–H groups in total. The minimum absolute atomic E-state index is 0.0567. The maximum Gasteiger partial charge on any atom is 0.253 e. The third-order valence-electron chi connectivity index (χ3n) is 4.85. The Balaban J connectivity index is 1.60. The van der Waals surface area contributed by atoms with Crippen molar-refractivity contribution in [2.24, 2.45) is 5.92 Å². The number of carbonyl (C=O) groups is 1. The number of carbonyl (C=O) groups excluding carboxylic acids is 1. The number of piperidine rings is 1. The van der Waals surface area contributed by atoms with Gasteiger partial charge < -0.3 is 19.7 Å². The SMILES string of the molecule is CCNCC1CCN(C(=O)c2ccc(OCc3cscn3)c(OC)c2)CC1. The van der Waals surface area contributed by atoms with Gasteiger partial charge in [-0.05, 0) is 50.0 Å². The van der Waals surface area contributed by atoms with E-state index in [1.54, 1.807) is 24.8 Å². The van der Waals surface area contributed by atoms with Gasteiger partial charge in [-0.15, -0.1) is 11.3 Å². The molecular weight excluding hydrogens is 362 g/mol. The molecule has 0 radical (unpaired) electrons. The fraction of sp³-hybridized carbons (Fsp3) is 0.500. The minimum atomic E-state index is 0.0567. The number of methoxy groups -OCH3 is 1. The number of aromatic nitrogens is 1. The van der Waals surface area contributed by atoms with Crippen LogP contribution in [0.4, 0.5) is 0 Å². The fourth-order valence-corrected chi connectivity index (χ4v) is 3.79. The van der Waals surface area contributed by atoms with Crippen LogP contribution in [0.25, 0.3) is 0 Å². The molecule has 1 aromatic carbocycles. The number of likely N-dealkylation sites (tertiary alicyclic amines) is 1. The van der Waals surface area contributed by atoms with Crippen molar-refractivity contribution in [3.05, 3.63) is 40.3 Å². The van der Waals surface area contributed by atoms with E-state index in [1.165, 1.54) is 11.3 Å². The van der Waals surface area contributed by atoms with E-state index in [9.17, 15) is 4.79 Å². The molecule has 1 fully saturated rings. The number of thiazole rings is 1. The third-order valence-corrected chi connectivity index (χ3v) is 5.49. The summed E-state index contributed by atoms with van der Waals surface area (Å²) in [5.41, 5.74) is 3.29. The van der Waals surface area contributed by atoms with Crippen LogP contribution in [0, 0.1) is 5.92 Å². The fourth-order valence-electron chi connectivity index (χ4n) is 3.25. The number of amides is 1. The highest BCUT2D eigenvalue weighted by molar-refractivity contribution is 7.07. The van der Waals surface area contributed by atoms with Crippen LogP contribution in [0.15, 0.2) is 29.1 Å². The quantitative estimate of drug-likeness (QED) is 0.751. The number of benzene rings is 1. The molecule has 0 spiro atoms. The predicted molar refractivity (Wildman–Crippen MR) is 107 cm³/mol. The van der Waals surface area contributed by atoms with E-state index >= 15 is 0 Å². The number of nitrogens with one attached hydrogen (secondary N) is 1. The van der Waals surface area contributed by atoms with E-state index in [0.717, 1.165) is 44.7 Å². The van der Waals surface area contributed by atoms with Gasteiger partial charge in [0.15, 0.2) is 11.5 Å². The normalized spacial score (nSPS) is 15.0. The molecule has 2 heterocycles. The zero-order chi connectivity index (χ0) is 19.1. The van der Waals surface area contributed by atoms with Gasteiger partial charge in [-0.2, -0.15) is 0 Å². The van der Waals surface area contributed by atoms with E-state index in [2.05, 4.69) is 17.2 Å². The summed E-state index contributed by atoms with van der Waals surface area (Å²) in [6.45, 7) is 6.15. The molecule has 0 atom stereocenters. The number of hydrogen-bond acceptors (Lipinski definition) is 6. The van der Waals surface area contributed by atoms with Crippen LogP contribution in [-0.4, -0.2) is 49.1 Å². The molecule has 1 aliphatic heterocycles. The van der Waals surface area contributed by atoms with Gasteiger partial charge in [0.25, 0.3) is 5.91 Å². The van der Waals surface area contributed by atoms with E-state index < -0.39 is 0 Å². The van der Waals surface area contributed by atoms with Crippen molar-refractivity contribution in [3.8, 4) is 11.5 Å². The van der Waals surface area contributed by atoms with Crippen LogP contribution < -0.4 is 14.8 Å². The monoisotopic (exact) mass is 389 g/mol. The number of rotatable bonds is 8. The zero-order valence-corrected chi connectivity index (χ0v) is 16.8. The maximum atomic E-state index is 12.8. The molecule has 0 saturated carbocycles. The first kappa shape index (κ1) is 19.6. The molecule has 146 valence electrons. The summed E-state index contributed by atoms with van der Waals surface area (Å²) < 4.78 is 11.2. The Morgan fingerprint density at radius 3 is 2.81 bits per heavy atom. The van der Waals surface area contributed by atoms with Gasteiger partial charge in [0, 0.05) is 24.0 Å². The van der Waals surface area contributed by atoms with Crippen LogP contribution in [0.3, 0.4) is 0 Å². The third kappa shape index (κ3) is 5.20. The average molecular weight is 390 g/mol. The number of ether oxygens (including phenoxy) is 2. The van der Waals surface area contributed by atoms with Crippen molar-refractivity contribution in [1.29, 1.82) is 0 Å². The van der Waals surface area contributed by atoms with Crippen molar-refractivity contribution in [2.75, 3.05) is 33.3 Å². The van der Waals surface area contributed by atoms with E-state index in [0.29, 0.717) is 29.6 Å². The van der Waals surface area contributed by atoms with Crippen molar-refractivity contribution < 1.29 is 14.3 Å². The second-order valence-corrected chi connectivity index (χ2v) is 7.40. The van der Waals surface area contributed by atoms with Crippen LogP contribution in [-0.2, 0) is 6.61 Å². The van der Waals surface area contributed by atoms with Crippen LogP contribution in [0.1, 0.15) is 35.8 Å². The lowest BCUT2D eigenvalue weighted by molar-refractivity contribution is 0.0690. The van der Waals surface area contributed by atoms with Crippen molar-refractivity contribution >= 4 is 17.2 Å². The van der Waals surface area contributed by atoms with Crippen LogP contribution >= 0.6 is 11.3 Å². The van der Waals surface area contributed by atoms with Gasteiger partial charge >= 0.3 is 0 Å². The highest BCUT2D eigenvalue weighted by Gasteiger charge is 2.24. The average Bonchev–Trinajstić information content (AvgIpc) is 3.24. The molecule has 27 heavy (non-hydrogen) atoms. The highest BCUT2D eigenvalue weighted by Crippen LogP contribution is 2.30. The van der Waals surface area contributed by atoms with Crippen LogP contribution in [0.5, 0.6) is 11.5 Å². The Morgan fingerprint density at radius 2 is 2.15 bits per heavy atom. The predicted octanol–water partition coefficient (Wildman–Crippen LogP) is 3.19. The molecule has 2 aromatic rings. The Labute approximate surface area is 164 Å². The maximum absolute atomic E-state index is 12.8. The molecule has 1 amide bonds. The summed E-state index contributed by atoms with van der Waals surface area (Å²) in [5, 5.41) is 5.35. The summed E-state index contributed by atoms with van der Waals surface area (Å²) in [4.78, 5) is 19.0. The first-order valence-corrected chi connectivity index (χ1v) is 10.3. The Bertz CT molecular complexity index is 728. The first-order chi connectivity index (χ1) is 13.2. The topological polar surface area (TPSA) is 63.7 Å². The molecule has 1 aliphatic rings. The van der Waals surface area contributed by atoms with E-state index in [1.807, 2.05) is 16.3 Å². The lowest BCUT2D eigenvalue weighted by Crippen LogP contribution is -2.40. The Morgan fingerprint density at radius 1 is 1.33 bits per heavy atom. The smallest absolute Gasteiger partial charge is 0.253 e. The van der Waals surface area contributed by atoms with Gasteiger partial charge in [0.1, 0.15) is 6.61 Å². The molecule has 0 bridgehead atoms. The molecule has 3 rings (SSSR count). The summed E-state index contributed by atoms with van der Waals surface area (Å²) in [6, 6.07) is 5.38. The molecule has 6 nitrogen and oxygen atoms in total. The lowest BCUT2D eigenvalue weighted by Gasteiger charge is -2.32. The first-order valence-electron chi connectivity index (χ1n) is 9.39. The molecule has 0 unspecified atom stereocenters. The van der Waals surface area contributed by atoms with Crippen molar-refractivity contribution in [1.82, 2.24) is 15.2 Å². The zero-order valence-electron chi connectivity index (χ0n) is 15.9. The highest BCUT2D eigenvalue weighted by atomic mass is 32.1. The molecular formula is C20H27N3O3S. The minimum Gasteiger partial charge on any atom is -0.493 e. The molecule has 7 heteroatoms. The van der Waals surface area contributed by atoms with Gasteiger partial charge in [-0.1, -0.05) is 6.92 Å². The largest absolute Gasteiger partial charge is 0.493 e. The van der Waals surface area contributed by atoms with Gasteiger partial charge in [0.2, 0.25) is 0 Å². The van der Waals surface area contributed by atoms with Gasteiger partial charge in [0.05, 0.1) is 18.3 Å². The Kier molecular flexibility index (Phi) is 7.06. The number of hydrogen-bond donors (Lipinski definition) is 1. The van der Waals surface area contributed by atoms with E-state index in [-0.39, 0.29) is 5.91 Å². The molecule has 1 saturated heterocycles. The van der Waals surface area contributed by atoms with Crippen molar-refractivity contribution in [2.45, 2.75) is 26.4 Å². The lowest BCUT2D eigenvalue weighted by atomic mass is 9.96. The second kappa shape index (κ2) is 9.71. The van der Waals surface area contributed by atoms with Gasteiger partial charge in [-0.3, -0.25) is 4.79 Å². The van der Waals surface area contributed by atoms with Crippen LogP contribution in [0.2, 0.25) is 0 Å². The summed E-state index contributed by atoms with van der Waals surface area (Å²) >= 11 is 1.53. The number of nitrogens with zero attached hydrogens (tertiary/aromatic N) is 2. The summed E-state index contributed by atoms with van der Waals surface area (Å²) in [6.07, 6.45) is 2.09. The van der Waals surface area contributed by atoms with E-state index in [4.69, 9.17) is 9.47 Å². The molecule has 1 aromatic heterocycles. The van der Waals surface area contributed by atoms with Crippen molar-refractivity contribution in [3.63, 3.8) is 0 Å². The Hall–Kier alpha value is -2.12. The standard InChI is InChI=1S/C20H27N3O3S/c1-3-21-11-15-6-8-23(9-7-15)20(24)16-4-5-18(19(10-16)25-2)26-12-17-13-27-14-22-17/h4-5,10,13-15,21H,3,6-9,11-12H2,1-2H3. The second-order valence-electron chi connectivity index (χ2n) is 6.68. The summed E-state index contributed by atoms with van der Waals surface area (Å²) in [7, 11) is 1.59. The summed E-state index contributed by atoms with van der Waals surface area (Å²) in [5.74, 6) is 1.90.